The van der Waals surface area contributed by atoms with Gasteiger partial charge in [0.1, 0.15) is 0 Å². The molecule has 0 spiro atoms. The van der Waals surface area contributed by atoms with Crippen LogP contribution in [0.1, 0.15) is 46.0 Å². The quantitative estimate of drug-likeness (QED) is 0.544. The molecule has 0 bridgehead atoms. The van der Waals surface area contributed by atoms with Crippen molar-refractivity contribution in [1.29, 1.82) is 0 Å². The summed E-state index contributed by atoms with van der Waals surface area (Å²) in [5.74, 6) is 2.16. The van der Waals surface area contributed by atoms with Crippen molar-refractivity contribution in [2.45, 2.75) is 46.0 Å². The summed E-state index contributed by atoms with van der Waals surface area (Å²) in [6.07, 6.45) is 7.36. The summed E-state index contributed by atoms with van der Waals surface area (Å²) in [5, 5.41) is 0. The van der Waals surface area contributed by atoms with Gasteiger partial charge in [-0.15, -0.1) is 0 Å². The molecular formula is C9H18. The lowest BCUT2D eigenvalue weighted by Crippen LogP contribution is -2.20. The van der Waals surface area contributed by atoms with Crippen LogP contribution in [0.4, 0.5) is 0 Å². The lowest BCUT2D eigenvalue weighted by Gasteiger charge is -2.32. The van der Waals surface area contributed by atoms with Crippen LogP contribution in [0.15, 0.2) is 0 Å². The summed E-state index contributed by atoms with van der Waals surface area (Å²) in [7, 11) is 0. The van der Waals surface area contributed by atoms with Crippen LogP contribution in [0.5, 0.6) is 0 Å². The Morgan fingerprint density at radius 2 is 2.00 bits per heavy atom. The standard InChI is InChI=1S/C9H18/c1-3-4-5-9-6-8(2)7-9/h8-9H,3-7H2,1-2H3. The van der Waals surface area contributed by atoms with E-state index in [0.29, 0.717) is 0 Å². The molecule has 0 heterocycles. The van der Waals surface area contributed by atoms with Crippen molar-refractivity contribution in [3.63, 3.8) is 0 Å². The highest BCUT2D eigenvalue weighted by molar-refractivity contribution is 4.75. The lowest BCUT2D eigenvalue weighted by molar-refractivity contribution is 0.196. The average Bonchev–Trinajstić information content (AvgIpc) is 1.78. The Bertz CT molecular complexity index is 70.1. The van der Waals surface area contributed by atoms with Crippen molar-refractivity contribution in [3.8, 4) is 0 Å². The van der Waals surface area contributed by atoms with Gasteiger partial charge in [-0.1, -0.05) is 33.1 Å². The van der Waals surface area contributed by atoms with E-state index >= 15 is 0 Å². The molecule has 1 aliphatic carbocycles. The van der Waals surface area contributed by atoms with E-state index in [4.69, 9.17) is 0 Å². The van der Waals surface area contributed by atoms with Gasteiger partial charge in [0.2, 0.25) is 0 Å². The van der Waals surface area contributed by atoms with Crippen molar-refractivity contribution in [3.05, 3.63) is 0 Å². The van der Waals surface area contributed by atoms with E-state index in [1.165, 1.54) is 32.1 Å². The zero-order valence-electron chi connectivity index (χ0n) is 6.69. The first-order valence-electron chi connectivity index (χ1n) is 4.33. The predicted molar refractivity (Wildman–Crippen MR) is 41.4 cm³/mol. The minimum atomic E-state index is 1.05. The molecule has 0 N–H and O–H groups in total. The maximum atomic E-state index is 2.36. The second kappa shape index (κ2) is 3.24. The largest absolute Gasteiger partial charge is 0.0654 e. The maximum absolute atomic E-state index is 2.36. The fourth-order valence-electron chi connectivity index (χ4n) is 1.80. The number of hydrogen-bond acceptors (Lipinski definition) is 0. The average molecular weight is 126 g/mol. The highest BCUT2D eigenvalue weighted by Crippen LogP contribution is 2.36. The van der Waals surface area contributed by atoms with Crippen molar-refractivity contribution in [2.24, 2.45) is 11.8 Å². The minimum Gasteiger partial charge on any atom is -0.0654 e. The molecule has 0 amide bonds. The van der Waals surface area contributed by atoms with E-state index in [1.54, 1.807) is 0 Å². The van der Waals surface area contributed by atoms with Crippen LogP contribution in [0.3, 0.4) is 0 Å². The second-order valence-corrected chi connectivity index (χ2v) is 3.58. The van der Waals surface area contributed by atoms with Crippen LogP contribution in [-0.2, 0) is 0 Å². The van der Waals surface area contributed by atoms with Gasteiger partial charge in [-0.25, -0.2) is 0 Å². The van der Waals surface area contributed by atoms with E-state index in [-0.39, 0.29) is 0 Å². The molecule has 0 nitrogen and oxygen atoms in total. The van der Waals surface area contributed by atoms with Crippen LogP contribution < -0.4 is 0 Å². The summed E-state index contributed by atoms with van der Waals surface area (Å²) < 4.78 is 0. The first kappa shape index (κ1) is 7.11. The molecule has 1 aliphatic rings. The third kappa shape index (κ3) is 2.00. The van der Waals surface area contributed by atoms with Crippen LogP contribution in [-0.4, -0.2) is 0 Å². The molecular weight excluding hydrogens is 108 g/mol. The smallest absolute Gasteiger partial charge is 0.0409 e. The third-order valence-electron chi connectivity index (χ3n) is 2.44. The molecule has 0 saturated heterocycles. The number of hydrogen-bond donors (Lipinski definition) is 0. The maximum Gasteiger partial charge on any atom is -0.0409 e. The summed E-state index contributed by atoms with van der Waals surface area (Å²) in [6.45, 7) is 4.64. The molecule has 0 aromatic heterocycles. The second-order valence-electron chi connectivity index (χ2n) is 3.58. The van der Waals surface area contributed by atoms with Crippen molar-refractivity contribution >= 4 is 0 Å². The number of unbranched alkanes of at least 4 members (excludes halogenated alkanes) is 1. The van der Waals surface area contributed by atoms with E-state index in [0.717, 1.165) is 11.8 Å². The van der Waals surface area contributed by atoms with Gasteiger partial charge >= 0.3 is 0 Å². The van der Waals surface area contributed by atoms with Gasteiger partial charge < -0.3 is 0 Å². The zero-order chi connectivity index (χ0) is 6.69. The molecule has 1 fully saturated rings. The summed E-state index contributed by atoms with van der Waals surface area (Å²) in [6, 6.07) is 0. The van der Waals surface area contributed by atoms with Gasteiger partial charge in [0, 0.05) is 0 Å². The van der Waals surface area contributed by atoms with Gasteiger partial charge in [0.25, 0.3) is 0 Å². The van der Waals surface area contributed by atoms with Crippen LogP contribution >= 0.6 is 0 Å². The topological polar surface area (TPSA) is 0 Å². The van der Waals surface area contributed by atoms with E-state index in [1.807, 2.05) is 0 Å². The monoisotopic (exact) mass is 126 g/mol. The SMILES string of the molecule is CCCCC1CC(C)C1. The molecule has 0 aliphatic heterocycles. The Kier molecular flexibility index (Phi) is 2.56. The molecule has 1 rings (SSSR count). The van der Waals surface area contributed by atoms with Gasteiger partial charge in [0.15, 0.2) is 0 Å². The third-order valence-corrected chi connectivity index (χ3v) is 2.44. The van der Waals surface area contributed by atoms with Crippen LogP contribution in [0.25, 0.3) is 0 Å². The highest BCUT2D eigenvalue weighted by Gasteiger charge is 2.23. The lowest BCUT2D eigenvalue weighted by atomic mass is 9.74. The Morgan fingerprint density at radius 3 is 2.44 bits per heavy atom. The van der Waals surface area contributed by atoms with E-state index in [9.17, 15) is 0 Å². The normalized spacial score (nSPS) is 34.0. The first-order valence-corrected chi connectivity index (χ1v) is 4.33. The summed E-state index contributed by atoms with van der Waals surface area (Å²) in [5.41, 5.74) is 0. The van der Waals surface area contributed by atoms with Crippen molar-refractivity contribution < 1.29 is 0 Å². The summed E-state index contributed by atoms with van der Waals surface area (Å²) >= 11 is 0. The molecule has 9 heavy (non-hydrogen) atoms. The predicted octanol–water partition coefficient (Wildman–Crippen LogP) is 3.22. The number of rotatable bonds is 3. The van der Waals surface area contributed by atoms with E-state index < -0.39 is 0 Å². The van der Waals surface area contributed by atoms with Crippen LogP contribution in [0.2, 0.25) is 0 Å². The Labute approximate surface area is 58.7 Å². The molecule has 0 unspecified atom stereocenters. The molecule has 0 aromatic rings. The van der Waals surface area contributed by atoms with Gasteiger partial charge in [-0.05, 0) is 24.7 Å². The zero-order valence-corrected chi connectivity index (χ0v) is 6.69. The Morgan fingerprint density at radius 1 is 1.33 bits per heavy atom. The Balaban J connectivity index is 1.91. The van der Waals surface area contributed by atoms with Gasteiger partial charge in [-0.3, -0.25) is 0 Å². The van der Waals surface area contributed by atoms with Crippen molar-refractivity contribution in [2.75, 3.05) is 0 Å². The van der Waals surface area contributed by atoms with Crippen LogP contribution in [0, 0.1) is 11.8 Å². The van der Waals surface area contributed by atoms with E-state index in [2.05, 4.69) is 13.8 Å². The fraction of sp³-hybridized carbons (Fsp3) is 1.00. The molecule has 54 valence electrons. The summed E-state index contributed by atoms with van der Waals surface area (Å²) in [4.78, 5) is 0. The molecule has 0 heteroatoms. The van der Waals surface area contributed by atoms with Gasteiger partial charge in [0.05, 0.1) is 0 Å². The molecule has 1 saturated carbocycles. The van der Waals surface area contributed by atoms with Crippen molar-refractivity contribution in [1.82, 2.24) is 0 Å². The van der Waals surface area contributed by atoms with Gasteiger partial charge in [-0.2, -0.15) is 0 Å². The minimum absolute atomic E-state index is 1.05. The molecule has 0 radical (unpaired) electrons. The first-order chi connectivity index (χ1) is 4.33. The fourth-order valence-corrected chi connectivity index (χ4v) is 1.80. The molecule has 0 atom stereocenters. The Hall–Kier alpha value is 0. The highest BCUT2D eigenvalue weighted by atomic mass is 14.3. The molecule has 0 aromatic carbocycles.